The molecule has 0 aromatic heterocycles. The molecule has 0 radical (unpaired) electrons. The Bertz CT molecular complexity index is 383. The summed E-state index contributed by atoms with van der Waals surface area (Å²) in [4.78, 5) is 11.7. The second-order valence-electron chi connectivity index (χ2n) is 5.83. The lowest BCUT2D eigenvalue weighted by Crippen LogP contribution is -2.13. The van der Waals surface area contributed by atoms with Crippen molar-refractivity contribution in [1.29, 1.82) is 0 Å². The summed E-state index contributed by atoms with van der Waals surface area (Å²) in [5, 5.41) is 2.93. The highest BCUT2D eigenvalue weighted by atomic mass is 16.5. The first kappa shape index (κ1) is 18.5. The van der Waals surface area contributed by atoms with E-state index in [9.17, 15) is 4.79 Å². The first-order valence-corrected chi connectivity index (χ1v) is 8.83. The van der Waals surface area contributed by atoms with Gasteiger partial charge in [0.05, 0.1) is 0 Å². The van der Waals surface area contributed by atoms with E-state index in [4.69, 9.17) is 4.74 Å². The monoisotopic (exact) mass is 305 g/mol. The van der Waals surface area contributed by atoms with E-state index in [1.807, 2.05) is 18.2 Å². The van der Waals surface area contributed by atoms with Crippen LogP contribution in [0.25, 0.3) is 0 Å². The van der Waals surface area contributed by atoms with Gasteiger partial charge in [-0.1, -0.05) is 76.9 Å². The van der Waals surface area contributed by atoms with Crippen LogP contribution in [0.2, 0.25) is 0 Å². The minimum absolute atomic E-state index is 0.151. The van der Waals surface area contributed by atoms with Crippen molar-refractivity contribution >= 4 is 5.97 Å². The molecule has 0 unspecified atom stereocenters. The molecular weight excluding hydrogens is 274 g/mol. The fourth-order valence-electron chi connectivity index (χ4n) is 2.43. The number of esters is 1. The molecule has 1 heterocycles. The van der Waals surface area contributed by atoms with Gasteiger partial charge in [0.1, 0.15) is 0 Å². The smallest absolute Gasteiger partial charge is 0.312 e. The van der Waals surface area contributed by atoms with E-state index >= 15 is 0 Å². The summed E-state index contributed by atoms with van der Waals surface area (Å²) in [6.45, 7) is 2.25. The third-order valence-corrected chi connectivity index (χ3v) is 3.75. The van der Waals surface area contributed by atoms with E-state index in [1.165, 1.54) is 51.4 Å². The highest BCUT2D eigenvalue weighted by Crippen LogP contribution is 2.12. The summed E-state index contributed by atoms with van der Waals surface area (Å²) < 4.78 is 5.26. The molecule has 0 saturated heterocycles. The predicted octanol–water partition coefficient (Wildman–Crippen LogP) is 5.36. The number of hydrogen-bond acceptors (Lipinski definition) is 3. The van der Waals surface area contributed by atoms with Gasteiger partial charge in [0.2, 0.25) is 5.88 Å². The minimum Gasteiger partial charge on any atom is -0.410 e. The summed E-state index contributed by atoms with van der Waals surface area (Å²) in [6.07, 6.45) is 22.3. The second-order valence-corrected chi connectivity index (χ2v) is 5.83. The molecule has 0 saturated carbocycles. The Kier molecular flexibility index (Phi) is 11.1. The van der Waals surface area contributed by atoms with Crippen LogP contribution < -0.4 is 5.32 Å². The van der Waals surface area contributed by atoms with Crippen LogP contribution in [-0.2, 0) is 9.53 Å². The molecule has 3 nitrogen and oxygen atoms in total. The number of allylic oxidation sites excluding steroid dienone is 4. The van der Waals surface area contributed by atoms with Crippen LogP contribution in [0.15, 0.2) is 36.4 Å². The zero-order valence-electron chi connectivity index (χ0n) is 14.0. The van der Waals surface area contributed by atoms with Crippen LogP contribution in [0.3, 0.4) is 0 Å². The van der Waals surface area contributed by atoms with Gasteiger partial charge in [-0.2, -0.15) is 0 Å². The van der Waals surface area contributed by atoms with Gasteiger partial charge in [-0.15, -0.1) is 0 Å². The van der Waals surface area contributed by atoms with Crippen LogP contribution in [0, 0.1) is 0 Å². The first-order chi connectivity index (χ1) is 10.8. The van der Waals surface area contributed by atoms with Gasteiger partial charge in [-0.25, -0.2) is 0 Å². The molecule has 1 aliphatic heterocycles. The zero-order chi connectivity index (χ0) is 15.9. The van der Waals surface area contributed by atoms with Crippen molar-refractivity contribution in [1.82, 2.24) is 5.32 Å². The standard InChI is InChI=1S/C19H31NO2/c1-2-3-4-5-6-7-8-9-10-13-16-19(21)22-18-15-12-11-14-17-20-18/h11-12,14-15,17,20H,2-10,13,16H2,1H3. The second kappa shape index (κ2) is 13.2. The molecule has 1 N–H and O–H groups in total. The quantitative estimate of drug-likeness (QED) is 0.390. The van der Waals surface area contributed by atoms with Gasteiger partial charge in [0.25, 0.3) is 0 Å². The van der Waals surface area contributed by atoms with E-state index in [0.717, 1.165) is 12.8 Å². The Hall–Kier alpha value is -1.51. The van der Waals surface area contributed by atoms with Crippen LogP contribution in [-0.4, -0.2) is 5.97 Å². The molecule has 3 heteroatoms. The minimum atomic E-state index is -0.151. The average Bonchev–Trinajstić information content (AvgIpc) is 2.78. The van der Waals surface area contributed by atoms with E-state index in [2.05, 4.69) is 12.2 Å². The molecule has 0 amide bonds. The number of unbranched alkanes of at least 4 members (excludes halogenated alkanes) is 9. The van der Waals surface area contributed by atoms with Crippen molar-refractivity contribution in [2.45, 2.75) is 77.6 Å². The van der Waals surface area contributed by atoms with E-state index < -0.39 is 0 Å². The molecule has 0 spiro atoms. The topological polar surface area (TPSA) is 38.3 Å². The molecular formula is C19H31NO2. The maximum Gasteiger partial charge on any atom is 0.312 e. The lowest BCUT2D eigenvalue weighted by molar-refractivity contribution is -0.140. The number of rotatable bonds is 12. The highest BCUT2D eigenvalue weighted by molar-refractivity contribution is 5.70. The van der Waals surface area contributed by atoms with Gasteiger partial charge in [0.15, 0.2) is 0 Å². The molecule has 0 fully saturated rings. The third kappa shape index (κ3) is 10.3. The lowest BCUT2D eigenvalue weighted by atomic mass is 10.1. The van der Waals surface area contributed by atoms with Crippen LogP contribution in [0.4, 0.5) is 0 Å². The van der Waals surface area contributed by atoms with Crippen molar-refractivity contribution < 1.29 is 9.53 Å². The van der Waals surface area contributed by atoms with E-state index in [0.29, 0.717) is 12.3 Å². The first-order valence-electron chi connectivity index (χ1n) is 8.83. The van der Waals surface area contributed by atoms with Gasteiger partial charge < -0.3 is 10.1 Å². The number of ether oxygens (including phenoxy) is 1. The lowest BCUT2D eigenvalue weighted by Gasteiger charge is -2.07. The Balaban J connectivity index is 1.92. The van der Waals surface area contributed by atoms with Gasteiger partial charge in [-0.05, 0) is 18.6 Å². The molecule has 124 valence electrons. The van der Waals surface area contributed by atoms with Crippen molar-refractivity contribution in [3.8, 4) is 0 Å². The molecule has 1 aliphatic rings. The number of hydrogen-bond donors (Lipinski definition) is 1. The van der Waals surface area contributed by atoms with Crippen molar-refractivity contribution in [2.75, 3.05) is 0 Å². The highest BCUT2D eigenvalue weighted by Gasteiger charge is 2.06. The Morgan fingerprint density at radius 1 is 0.909 bits per heavy atom. The molecule has 0 aromatic rings. The summed E-state index contributed by atoms with van der Waals surface area (Å²) in [5.41, 5.74) is 0. The molecule has 0 atom stereocenters. The van der Waals surface area contributed by atoms with Crippen molar-refractivity contribution in [2.24, 2.45) is 0 Å². The van der Waals surface area contributed by atoms with Crippen LogP contribution in [0.5, 0.6) is 0 Å². The molecule has 0 aromatic carbocycles. The maximum absolute atomic E-state index is 11.7. The number of nitrogens with one attached hydrogen (secondary N) is 1. The number of carbonyl (C=O) groups is 1. The third-order valence-electron chi connectivity index (χ3n) is 3.75. The molecule has 0 bridgehead atoms. The van der Waals surface area contributed by atoms with Crippen molar-refractivity contribution in [3.05, 3.63) is 36.4 Å². The Morgan fingerprint density at radius 2 is 1.55 bits per heavy atom. The van der Waals surface area contributed by atoms with Gasteiger partial charge in [-0.3, -0.25) is 4.79 Å². The van der Waals surface area contributed by atoms with Crippen molar-refractivity contribution in [3.63, 3.8) is 0 Å². The molecule has 1 rings (SSSR count). The largest absolute Gasteiger partial charge is 0.410 e. The summed E-state index contributed by atoms with van der Waals surface area (Å²) >= 11 is 0. The predicted molar refractivity (Wildman–Crippen MR) is 92.1 cm³/mol. The maximum atomic E-state index is 11.7. The van der Waals surface area contributed by atoms with Gasteiger partial charge in [0, 0.05) is 12.6 Å². The summed E-state index contributed by atoms with van der Waals surface area (Å²) in [7, 11) is 0. The fourth-order valence-corrected chi connectivity index (χ4v) is 2.43. The van der Waals surface area contributed by atoms with Gasteiger partial charge >= 0.3 is 5.97 Å². The SMILES string of the molecule is CCCCCCCCCCCCC(=O)OC1=CC=CC=CN1. The fraction of sp³-hybridized carbons (Fsp3) is 0.632. The molecule has 0 aliphatic carbocycles. The van der Waals surface area contributed by atoms with Crippen LogP contribution in [0.1, 0.15) is 77.6 Å². The summed E-state index contributed by atoms with van der Waals surface area (Å²) in [5.74, 6) is 0.351. The Labute approximate surface area is 135 Å². The Morgan fingerprint density at radius 3 is 2.23 bits per heavy atom. The van der Waals surface area contributed by atoms with Crippen LogP contribution >= 0.6 is 0 Å². The summed E-state index contributed by atoms with van der Waals surface area (Å²) in [6, 6.07) is 0. The zero-order valence-corrected chi connectivity index (χ0v) is 14.0. The van der Waals surface area contributed by atoms with E-state index in [1.54, 1.807) is 12.3 Å². The molecule has 22 heavy (non-hydrogen) atoms. The normalized spacial score (nSPS) is 13.4. The van der Waals surface area contributed by atoms with E-state index in [-0.39, 0.29) is 5.97 Å². The average molecular weight is 305 g/mol. The number of carbonyl (C=O) groups excluding carboxylic acids is 1.